The Hall–Kier alpha value is -0.930. The number of halogens is 2. The lowest BCUT2D eigenvalue weighted by Gasteiger charge is -2.09. The zero-order valence-electron chi connectivity index (χ0n) is 7.64. The van der Waals surface area contributed by atoms with Crippen LogP contribution in [0.3, 0.4) is 0 Å². The molecule has 0 saturated carbocycles. The van der Waals surface area contributed by atoms with E-state index in [4.69, 9.17) is 32.7 Å². The summed E-state index contributed by atoms with van der Waals surface area (Å²) in [6.07, 6.45) is 0. The van der Waals surface area contributed by atoms with Gasteiger partial charge in [0.05, 0.1) is 12.1 Å². The van der Waals surface area contributed by atoms with Crippen molar-refractivity contribution in [1.29, 1.82) is 0 Å². The molecule has 0 spiro atoms. The lowest BCUT2D eigenvalue weighted by atomic mass is 10.3. The van der Waals surface area contributed by atoms with Crippen LogP contribution in [0.15, 0.2) is 12.1 Å². The molecule has 1 aromatic rings. The van der Waals surface area contributed by atoms with Crippen molar-refractivity contribution < 1.29 is 14.3 Å². The second-order valence-electron chi connectivity index (χ2n) is 2.51. The number of ether oxygens (including phenoxy) is 2. The number of methoxy groups -OCH3 is 1. The summed E-state index contributed by atoms with van der Waals surface area (Å²) in [5, 5.41) is 0.660. The maximum absolute atomic E-state index is 10.7. The number of hydrogen-bond acceptors (Lipinski definition) is 3. The zero-order valence-corrected chi connectivity index (χ0v) is 9.15. The summed E-state index contributed by atoms with van der Waals surface area (Å²) in [7, 11) is 1.44. The highest BCUT2D eigenvalue weighted by molar-refractivity contribution is 6.36. The van der Waals surface area contributed by atoms with Gasteiger partial charge in [0.25, 0.3) is 0 Å². The van der Waals surface area contributed by atoms with Gasteiger partial charge in [-0.3, -0.25) is 4.79 Å². The van der Waals surface area contributed by atoms with Crippen LogP contribution < -0.4 is 9.47 Å². The molecule has 0 bridgehead atoms. The average Bonchev–Trinajstić information content (AvgIpc) is 2.08. The predicted molar refractivity (Wildman–Crippen MR) is 54.3 cm³/mol. The minimum Gasteiger partial charge on any atom is -0.493 e. The molecular formula is C9H8Cl2O3. The number of benzene rings is 1. The van der Waals surface area contributed by atoms with Crippen molar-refractivity contribution in [1.82, 2.24) is 0 Å². The molecule has 0 radical (unpaired) electrons. The van der Waals surface area contributed by atoms with Crippen molar-refractivity contribution in [3.63, 3.8) is 0 Å². The van der Waals surface area contributed by atoms with E-state index in [1.165, 1.54) is 26.2 Å². The van der Waals surface area contributed by atoms with E-state index in [2.05, 4.69) is 0 Å². The first-order valence-corrected chi connectivity index (χ1v) is 4.51. The fourth-order valence-corrected chi connectivity index (χ4v) is 1.44. The molecule has 5 heteroatoms. The molecule has 3 nitrogen and oxygen atoms in total. The maximum atomic E-state index is 10.7. The summed E-state index contributed by atoms with van der Waals surface area (Å²) >= 11 is 11.5. The summed E-state index contributed by atoms with van der Waals surface area (Å²) in [5.74, 6) is 0.0521. The van der Waals surface area contributed by atoms with E-state index in [0.29, 0.717) is 10.8 Å². The van der Waals surface area contributed by atoms with Gasteiger partial charge < -0.3 is 9.47 Å². The summed E-state index contributed by atoms with van der Waals surface area (Å²) in [4.78, 5) is 10.7. The lowest BCUT2D eigenvalue weighted by molar-refractivity contribution is -0.132. The number of esters is 1. The molecule has 0 aliphatic carbocycles. The third-order valence-corrected chi connectivity index (χ3v) is 1.94. The molecule has 0 heterocycles. The largest absolute Gasteiger partial charge is 0.493 e. The Balaban J connectivity index is 3.18. The Bertz CT molecular complexity index is 363. The molecule has 14 heavy (non-hydrogen) atoms. The fraction of sp³-hybridized carbons (Fsp3) is 0.222. The summed E-state index contributed by atoms with van der Waals surface area (Å²) < 4.78 is 9.83. The molecule has 0 N–H and O–H groups in total. The van der Waals surface area contributed by atoms with Gasteiger partial charge in [-0.15, -0.1) is 0 Å². The highest BCUT2D eigenvalue weighted by Gasteiger charge is 2.12. The van der Waals surface area contributed by atoms with Crippen LogP contribution >= 0.6 is 23.2 Å². The molecule has 0 amide bonds. The summed E-state index contributed by atoms with van der Waals surface area (Å²) in [6, 6.07) is 3.00. The van der Waals surface area contributed by atoms with Gasteiger partial charge in [-0.05, 0) is 6.07 Å². The molecule has 1 rings (SSSR count). The van der Waals surface area contributed by atoms with Crippen molar-refractivity contribution in [2.75, 3.05) is 7.11 Å². The first-order valence-electron chi connectivity index (χ1n) is 3.76. The van der Waals surface area contributed by atoms with E-state index in [9.17, 15) is 4.79 Å². The number of carbonyl (C=O) groups is 1. The second-order valence-corrected chi connectivity index (χ2v) is 3.36. The third kappa shape index (κ3) is 2.53. The zero-order chi connectivity index (χ0) is 10.7. The predicted octanol–water partition coefficient (Wildman–Crippen LogP) is 2.93. The maximum Gasteiger partial charge on any atom is 0.308 e. The molecule has 0 saturated heterocycles. The van der Waals surface area contributed by atoms with Gasteiger partial charge in [0.15, 0.2) is 11.5 Å². The molecule has 0 aromatic heterocycles. The van der Waals surface area contributed by atoms with Crippen LogP contribution in [0.4, 0.5) is 0 Å². The van der Waals surface area contributed by atoms with Crippen LogP contribution in [0.2, 0.25) is 10.0 Å². The SMILES string of the molecule is COc1cc(Cl)cc(Cl)c1OC(C)=O. The highest BCUT2D eigenvalue weighted by Crippen LogP contribution is 2.37. The Morgan fingerprint density at radius 1 is 1.36 bits per heavy atom. The van der Waals surface area contributed by atoms with Crippen LogP contribution in [-0.4, -0.2) is 13.1 Å². The van der Waals surface area contributed by atoms with Gasteiger partial charge in [0.2, 0.25) is 0 Å². The number of hydrogen-bond donors (Lipinski definition) is 0. The van der Waals surface area contributed by atoms with Crippen LogP contribution in [-0.2, 0) is 4.79 Å². The molecule has 76 valence electrons. The van der Waals surface area contributed by atoms with Gasteiger partial charge >= 0.3 is 5.97 Å². The number of rotatable bonds is 2. The van der Waals surface area contributed by atoms with Crippen LogP contribution in [0.25, 0.3) is 0 Å². The van der Waals surface area contributed by atoms with Crippen molar-refractivity contribution >= 4 is 29.2 Å². The monoisotopic (exact) mass is 234 g/mol. The fourth-order valence-electron chi connectivity index (χ4n) is 0.931. The molecule has 0 aliphatic heterocycles. The van der Waals surface area contributed by atoms with E-state index in [-0.39, 0.29) is 10.8 Å². The topological polar surface area (TPSA) is 35.5 Å². The Morgan fingerprint density at radius 2 is 2.00 bits per heavy atom. The van der Waals surface area contributed by atoms with Crippen molar-refractivity contribution in [3.05, 3.63) is 22.2 Å². The second kappa shape index (κ2) is 4.53. The minimum atomic E-state index is -0.465. The Morgan fingerprint density at radius 3 is 2.50 bits per heavy atom. The normalized spacial score (nSPS) is 9.71. The number of carbonyl (C=O) groups excluding carboxylic acids is 1. The van der Waals surface area contributed by atoms with Gasteiger partial charge in [-0.2, -0.15) is 0 Å². The Kier molecular flexibility index (Phi) is 3.61. The van der Waals surface area contributed by atoms with Crippen molar-refractivity contribution in [2.45, 2.75) is 6.92 Å². The van der Waals surface area contributed by atoms with Crippen LogP contribution in [0.1, 0.15) is 6.92 Å². The van der Waals surface area contributed by atoms with E-state index in [1.54, 1.807) is 0 Å². The third-order valence-electron chi connectivity index (χ3n) is 1.44. The van der Waals surface area contributed by atoms with E-state index >= 15 is 0 Å². The molecule has 1 aromatic carbocycles. The molecule has 0 atom stereocenters. The molecular weight excluding hydrogens is 227 g/mol. The van der Waals surface area contributed by atoms with Gasteiger partial charge in [-0.25, -0.2) is 0 Å². The van der Waals surface area contributed by atoms with E-state index < -0.39 is 5.97 Å². The molecule has 0 unspecified atom stereocenters. The first-order chi connectivity index (χ1) is 6.54. The quantitative estimate of drug-likeness (QED) is 0.584. The smallest absolute Gasteiger partial charge is 0.308 e. The summed E-state index contributed by atoms with van der Waals surface area (Å²) in [5.41, 5.74) is 0. The van der Waals surface area contributed by atoms with Gasteiger partial charge in [0.1, 0.15) is 0 Å². The van der Waals surface area contributed by atoms with Crippen LogP contribution in [0.5, 0.6) is 11.5 Å². The first kappa shape index (κ1) is 11.1. The van der Waals surface area contributed by atoms with Crippen molar-refractivity contribution in [3.8, 4) is 11.5 Å². The van der Waals surface area contributed by atoms with Crippen LogP contribution in [0, 0.1) is 0 Å². The standard InChI is InChI=1S/C9H8Cl2O3/c1-5(12)14-9-7(11)3-6(10)4-8(9)13-2/h3-4H,1-2H3. The summed E-state index contributed by atoms with van der Waals surface area (Å²) in [6.45, 7) is 1.28. The molecule has 0 fully saturated rings. The highest BCUT2D eigenvalue weighted by atomic mass is 35.5. The van der Waals surface area contributed by atoms with Gasteiger partial charge in [-0.1, -0.05) is 23.2 Å². The molecule has 0 aliphatic rings. The lowest BCUT2D eigenvalue weighted by Crippen LogP contribution is -2.03. The Labute approximate surface area is 91.5 Å². The minimum absolute atomic E-state index is 0.186. The van der Waals surface area contributed by atoms with E-state index in [1.807, 2.05) is 0 Å². The van der Waals surface area contributed by atoms with Crippen molar-refractivity contribution in [2.24, 2.45) is 0 Å². The van der Waals surface area contributed by atoms with E-state index in [0.717, 1.165) is 0 Å². The average molecular weight is 235 g/mol. The van der Waals surface area contributed by atoms with Gasteiger partial charge in [0, 0.05) is 18.0 Å².